The largest absolute Gasteiger partial charge is 0.229 e. The summed E-state index contributed by atoms with van der Waals surface area (Å²) in [5.74, 6) is 0.0305. The molecule has 0 radical (unpaired) electrons. The Hall–Kier alpha value is -2.55. The Morgan fingerprint density at radius 2 is 1.39 bits per heavy atom. The van der Waals surface area contributed by atoms with E-state index >= 15 is 0 Å². The van der Waals surface area contributed by atoms with E-state index < -0.39 is 9.84 Å². The highest BCUT2D eigenvalue weighted by molar-refractivity contribution is 8.00. The number of aromatic nitrogens is 1. The molecule has 0 fully saturated rings. The van der Waals surface area contributed by atoms with Crippen molar-refractivity contribution < 1.29 is 17.2 Å². The van der Waals surface area contributed by atoms with Gasteiger partial charge < -0.3 is 0 Å². The lowest BCUT2D eigenvalue weighted by atomic mass is 10.1. The highest BCUT2D eigenvalue weighted by Crippen LogP contribution is 2.41. The van der Waals surface area contributed by atoms with Gasteiger partial charge in [0.05, 0.1) is 15.5 Å². The fourth-order valence-electron chi connectivity index (χ4n) is 2.94. The molecule has 0 bridgehead atoms. The van der Waals surface area contributed by atoms with Crippen molar-refractivity contribution in [1.82, 2.24) is 4.98 Å². The molecule has 3 nitrogen and oxygen atoms in total. The van der Waals surface area contributed by atoms with E-state index in [2.05, 4.69) is 0 Å². The molecule has 0 N–H and O–H groups in total. The molecule has 0 saturated carbocycles. The minimum atomic E-state index is -3.30. The molecule has 0 spiro atoms. The molecule has 0 atom stereocenters. The summed E-state index contributed by atoms with van der Waals surface area (Å²) in [7, 11) is -3.30. The van der Waals surface area contributed by atoms with E-state index in [1.807, 2.05) is 0 Å². The number of sulfone groups is 1. The number of thiazole rings is 1. The van der Waals surface area contributed by atoms with Crippen LogP contribution in [0.15, 0.2) is 82.0 Å². The maximum Gasteiger partial charge on any atom is 0.175 e. The molecule has 0 aliphatic rings. The van der Waals surface area contributed by atoms with Gasteiger partial charge in [-0.2, -0.15) is 0 Å². The van der Waals surface area contributed by atoms with E-state index in [9.17, 15) is 17.2 Å². The number of hydrogen-bond donors (Lipinski definition) is 0. The van der Waals surface area contributed by atoms with Crippen molar-refractivity contribution in [3.8, 4) is 21.7 Å². The highest BCUT2D eigenvalue weighted by Gasteiger charge is 2.17. The third kappa shape index (κ3) is 5.20. The first kappa shape index (κ1) is 21.7. The summed E-state index contributed by atoms with van der Waals surface area (Å²) >= 11 is 3.01. The first-order chi connectivity index (χ1) is 14.8. The first-order valence-corrected chi connectivity index (χ1v) is 12.9. The van der Waals surface area contributed by atoms with Gasteiger partial charge in [-0.1, -0.05) is 48.2 Å². The average Bonchev–Trinajstić information content (AvgIpc) is 3.18. The molecular weight excluding hydrogens is 456 g/mol. The van der Waals surface area contributed by atoms with Gasteiger partial charge in [-0.05, 0) is 47.5 Å². The lowest BCUT2D eigenvalue weighted by Crippen LogP contribution is -1.96. The van der Waals surface area contributed by atoms with Gasteiger partial charge in [0.25, 0.3) is 0 Å². The molecule has 0 aliphatic heterocycles. The molecule has 0 amide bonds. The molecule has 0 saturated heterocycles. The number of halogens is 2. The van der Waals surface area contributed by atoms with Gasteiger partial charge >= 0.3 is 0 Å². The quantitative estimate of drug-likeness (QED) is 0.302. The Morgan fingerprint density at radius 3 is 1.97 bits per heavy atom. The summed E-state index contributed by atoms with van der Waals surface area (Å²) in [5, 5.41) is 0. The van der Waals surface area contributed by atoms with Gasteiger partial charge in [0.2, 0.25) is 0 Å². The molecule has 4 aromatic rings. The minimum absolute atomic E-state index is 0.237. The zero-order valence-corrected chi connectivity index (χ0v) is 18.8. The third-order valence-electron chi connectivity index (χ3n) is 4.55. The normalized spacial score (nSPS) is 11.6. The van der Waals surface area contributed by atoms with Crippen LogP contribution in [0, 0.1) is 11.6 Å². The van der Waals surface area contributed by atoms with Crippen molar-refractivity contribution in [2.75, 3.05) is 6.26 Å². The second kappa shape index (κ2) is 8.90. The minimum Gasteiger partial charge on any atom is -0.229 e. The molecule has 4 rings (SSSR count). The molecule has 1 heterocycles. The number of rotatable bonds is 6. The van der Waals surface area contributed by atoms with Crippen molar-refractivity contribution in [2.24, 2.45) is 0 Å². The standard InChI is InChI=1S/C23H17F2NO2S3/c1-31(27,28)20-12-6-16(7-13-20)21-22(17-4-10-19(25)11-5-17)30-23(26-21)29-14-15-2-8-18(24)9-3-15/h2-13H,14H2,1H3. The summed E-state index contributed by atoms with van der Waals surface area (Å²) < 4.78 is 50.9. The fraction of sp³-hybridized carbons (Fsp3) is 0.0870. The van der Waals surface area contributed by atoms with Crippen molar-refractivity contribution >= 4 is 32.9 Å². The summed E-state index contributed by atoms with van der Waals surface area (Å²) in [4.78, 5) is 5.87. The second-order valence-corrected chi connectivity index (χ2v) is 11.1. The van der Waals surface area contributed by atoms with Gasteiger partial charge in [0.1, 0.15) is 11.6 Å². The highest BCUT2D eigenvalue weighted by atomic mass is 32.2. The van der Waals surface area contributed by atoms with Gasteiger partial charge in [-0.25, -0.2) is 22.2 Å². The van der Waals surface area contributed by atoms with Crippen LogP contribution in [0.4, 0.5) is 8.78 Å². The van der Waals surface area contributed by atoms with Gasteiger partial charge in [-0.3, -0.25) is 0 Å². The van der Waals surface area contributed by atoms with Crippen LogP contribution in [-0.2, 0) is 15.6 Å². The van der Waals surface area contributed by atoms with Crippen LogP contribution in [0.1, 0.15) is 5.56 Å². The van der Waals surface area contributed by atoms with E-state index in [4.69, 9.17) is 4.98 Å². The number of nitrogens with zero attached hydrogens (tertiary/aromatic N) is 1. The lowest BCUT2D eigenvalue weighted by Gasteiger charge is -2.04. The third-order valence-corrected chi connectivity index (χ3v) is 7.99. The molecule has 158 valence electrons. The van der Waals surface area contributed by atoms with E-state index in [1.54, 1.807) is 48.5 Å². The fourth-order valence-corrected chi connectivity index (χ4v) is 5.70. The molecule has 0 unspecified atom stereocenters. The smallest absolute Gasteiger partial charge is 0.175 e. The maximum absolute atomic E-state index is 13.4. The van der Waals surface area contributed by atoms with Crippen LogP contribution in [0.5, 0.6) is 0 Å². The van der Waals surface area contributed by atoms with Crippen molar-refractivity contribution in [3.05, 3.63) is 90.0 Å². The van der Waals surface area contributed by atoms with Crippen LogP contribution in [0.3, 0.4) is 0 Å². The second-order valence-electron chi connectivity index (χ2n) is 6.88. The van der Waals surface area contributed by atoms with Crippen LogP contribution >= 0.6 is 23.1 Å². The number of hydrogen-bond acceptors (Lipinski definition) is 5. The number of thioether (sulfide) groups is 1. The van der Waals surface area contributed by atoms with E-state index in [0.717, 1.165) is 25.9 Å². The van der Waals surface area contributed by atoms with Gasteiger partial charge in [-0.15, -0.1) is 11.3 Å². The molecular formula is C23H17F2NO2S3. The van der Waals surface area contributed by atoms with Crippen LogP contribution in [0.2, 0.25) is 0 Å². The Balaban J connectivity index is 1.70. The Morgan fingerprint density at radius 1 is 0.839 bits per heavy atom. The van der Waals surface area contributed by atoms with Crippen molar-refractivity contribution in [1.29, 1.82) is 0 Å². The van der Waals surface area contributed by atoms with Gasteiger partial charge in [0, 0.05) is 17.6 Å². The molecule has 31 heavy (non-hydrogen) atoms. The Kier molecular flexibility index (Phi) is 6.22. The van der Waals surface area contributed by atoms with Gasteiger partial charge in [0.15, 0.2) is 14.2 Å². The summed E-state index contributed by atoms with van der Waals surface area (Å²) in [5.41, 5.74) is 3.29. The summed E-state index contributed by atoms with van der Waals surface area (Å²) in [6, 6.07) is 19.1. The molecule has 3 aromatic carbocycles. The van der Waals surface area contributed by atoms with Crippen LogP contribution < -0.4 is 0 Å². The zero-order chi connectivity index (χ0) is 22.0. The molecule has 1 aromatic heterocycles. The SMILES string of the molecule is CS(=O)(=O)c1ccc(-c2nc(SCc3ccc(F)cc3)sc2-c2ccc(F)cc2)cc1. The summed E-state index contributed by atoms with van der Waals surface area (Å²) in [6.07, 6.45) is 1.17. The predicted molar refractivity (Wildman–Crippen MR) is 122 cm³/mol. The zero-order valence-electron chi connectivity index (χ0n) is 16.4. The summed E-state index contributed by atoms with van der Waals surface area (Å²) in [6.45, 7) is 0. The van der Waals surface area contributed by atoms with Crippen LogP contribution in [-0.4, -0.2) is 19.7 Å². The lowest BCUT2D eigenvalue weighted by molar-refractivity contribution is 0.602. The van der Waals surface area contributed by atoms with E-state index in [-0.39, 0.29) is 16.5 Å². The van der Waals surface area contributed by atoms with E-state index in [1.165, 1.54) is 53.6 Å². The van der Waals surface area contributed by atoms with Crippen LogP contribution in [0.25, 0.3) is 21.7 Å². The Bertz CT molecular complexity index is 1300. The number of benzene rings is 3. The molecule has 8 heteroatoms. The van der Waals surface area contributed by atoms with Crippen molar-refractivity contribution in [2.45, 2.75) is 15.0 Å². The first-order valence-electron chi connectivity index (χ1n) is 9.24. The van der Waals surface area contributed by atoms with E-state index in [0.29, 0.717) is 11.4 Å². The monoisotopic (exact) mass is 473 g/mol. The Labute approximate surface area is 187 Å². The predicted octanol–water partition coefficient (Wildman–Crippen LogP) is 6.45. The average molecular weight is 474 g/mol. The molecule has 0 aliphatic carbocycles. The maximum atomic E-state index is 13.4. The topological polar surface area (TPSA) is 47.0 Å². The van der Waals surface area contributed by atoms with Crippen molar-refractivity contribution in [3.63, 3.8) is 0 Å².